The van der Waals surface area contributed by atoms with E-state index >= 15 is 0 Å². The van der Waals surface area contributed by atoms with Crippen LogP contribution < -0.4 is 4.74 Å². The Morgan fingerprint density at radius 2 is 2.22 bits per heavy atom. The molecule has 5 nitrogen and oxygen atoms in total. The van der Waals surface area contributed by atoms with Crippen molar-refractivity contribution < 1.29 is 14.3 Å². The van der Waals surface area contributed by atoms with Gasteiger partial charge in [-0.1, -0.05) is 0 Å². The second-order valence-electron chi connectivity index (χ2n) is 5.77. The Hall–Kier alpha value is -1.79. The first-order valence-corrected chi connectivity index (χ1v) is 8.65. The Balaban J connectivity index is 1.72. The molecule has 122 valence electrons. The van der Waals surface area contributed by atoms with Gasteiger partial charge in [0.2, 0.25) is 0 Å². The highest BCUT2D eigenvalue weighted by atomic mass is 32.1. The minimum atomic E-state index is -0.0344. The number of ketones is 1. The Labute approximate surface area is 139 Å². The van der Waals surface area contributed by atoms with Crippen molar-refractivity contribution in [2.45, 2.75) is 39.2 Å². The smallest absolute Gasteiger partial charge is 0.188 e. The lowest BCUT2D eigenvalue weighted by atomic mass is 10.1. The topological polar surface area (TPSA) is 61.3 Å². The number of ether oxygens (including phenoxy) is 2. The normalized spacial score (nSPS) is 17.9. The van der Waals surface area contributed by atoms with Crippen LogP contribution >= 0.6 is 11.3 Å². The summed E-state index contributed by atoms with van der Waals surface area (Å²) in [6.45, 7) is 5.19. The molecule has 0 N–H and O–H groups in total. The van der Waals surface area contributed by atoms with Crippen LogP contribution in [0.4, 0.5) is 0 Å². The zero-order valence-corrected chi connectivity index (χ0v) is 14.2. The summed E-state index contributed by atoms with van der Waals surface area (Å²) in [4.78, 5) is 21.1. The standard InChI is InChI=1S/C17H20N2O3S/c1-11-6-14(22-13-4-3-5-21-9-13)7-15(18-11)16(20)8-17-19-12(2)10-23-17/h6-7,10,13H,3-5,8-9H2,1-2H3. The third-order valence-corrected chi connectivity index (χ3v) is 4.58. The summed E-state index contributed by atoms with van der Waals surface area (Å²) in [5.41, 5.74) is 2.15. The van der Waals surface area contributed by atoms with Gasteiger partial charge in [0.1, 0.15) is 22.6 Å². The van der Waals surface area contributed by atoms with Crippen LogP contribution in [0.5, 0.6) is 5.75 Å². The first-order chi connectivity index (χ1) is 11.1. The minimum absolute atomic E-state index is 0.0344. The van der Waals surface area contributed by atoms with E-state index in [2.05, 4.69) is 9.97 Å². The third-order valence-electron chi connectivity index (χ3n) is 3.61. The number of pyridine rings is 1. The number of nitrogens with zero attached hydrogens (tertiary/aromatic N) is 2. The van der Waals surface area contributed by atoms with E-state index in [1.54, 1.807) is 6.07 Å². The quantitative estimate of drug-likeness (QED) is 0.787. The molecule has 6 heteroatoms. The molecule has 3 rings (SSSR count). The summed E-state index contributed by atoms with van der Waals surface area (Å²) in [5.74, 6) is 0.652. The number of aryl methyl sites for hydroxylation is 2. The Morgan fingerprint density at radius 3 is 2.91 bits per heavy atom. The number of carbonyl (C=O) groups excluding carboxylic acids is 1. The van der Waals surface area contributed by atoms with Crippen molar-refractivity contribution >= 4 is 17.1 Å². The third kappa shape index (κ3) is 4.36. The molecule has 0 bridgehead atoms. The maximum atomic E-state index is 12.4. The van der Waals surface area contributed by atoms with E-state index in [0.717, 1.165) is 35.8 Å². The van der Waals surface area contributed by atoms with Crippen LogP contribution in [0.25, 0.3) is 0 Å². The predicted octanol–water partition coefficient (Wildman–Crippen LogP) is 3.14. The van der Waals surface area contributed by atoms with Gasteiger partial charge in [0.05, 0.1) is 13.0 Å². The Kier molecular flexibility index (Phi) is 5.03. The van der Waals surface area contributed by atoms with Crippen molar-refractivity contribution in [1.29, 1.82) is 0 Å². The first kappa shape index (κ1) is 16.1. The fraction of sp³-hybridized carbons (Fsp3) is 0.471. The lowest BCUT2D eigenvalue weighted by molar-refractivity contribution is 0.00734. The van der Waals surface area contributed by atoms with Gasteiger partial charge in [-0.05, 0) is 26.7 Å². The van der Waals surface area contributed by atoms with Crippen LogP contribution in [0.3, 0.4) is 0 Å². The molecule has 0 saturated carbocycles. The van der Waals surface area contributed by atoms with Crippen LogP contribution in [0.15, 0.2) is 17.5 Å². The number of hydrogen-bond acceptors (Lipinski definition) is 6. The molecular formula is C17H20N2O3S. The monoisotopic (exact) mass is 332 g/mol. The fourth-order valence-electron chi connectivity index (χ4n) is 2.56. The number of aromatic nitrogens is 2. The maximum absolute atomic E-state index is 12.4. The molecule has 1 unspecified atom stereocenters. The highest BCUT2D eigenvalue weighted by molar-refractivity contribution is 7.09. The molecule has 1 saturated heterocycles. The van der Waals surface area contributed by atoms with Gasteiger partial charge in [0.25, 0.3) is 0 Å². The SMILES string of the molecule is Cc1cc(OC2CCCOC2)cc(C(=O)Cc2nc(C)cs2)n1. The second-order valence-corrected chi connectivity index (χ2v) is 6.71. The van der Waals surface area contributed by atoms with E-state index in [-0.39, 0.29) is 18.3 Å². The Bertz CT molecular complexity index is 693. The highest BCUT2D eigenvalue weighted by Gasteiger charge is 2.18. The zero-order chi connectivity index (χ0) is 16.2. The average molecular weight is 332 g/mol. The molecule has 2 aromatic rings. The summed E-state index contributed by atoms with van der Waals surface area (Å²) in [6.07, 6.45) is 2.31. The van der Waals surface area contributed by atoms with E-state index in [1.165, 1.54) is 11.3 Å². The van der Waals surface area contributed by atoms with Crippen molar-refractivity contribution in [1.82, 2.24) is 9.97 Å². The van der Waals surface area contributed by atoms with Crippen LogP contribution in [0.1, 0.15) is 39.7 Å². The largest absolute Gasteiger partial charge is 0.488 e. The van der Waals surface area contributed by atoms with Gasteiger partial charge in [-0.15, -0.1) is 11.3 Å². The predicted molar refractivity (Wildman–Crippen MR) is 88.3 cm³/mol. The van der Waals surface area contributed by atoms with Gasteiger partial charge in [-0.25, -0.2) is 9.97 Å². The van der Waals surface area contributed by atoms with E-state index in [1.807, 2.05) is 25.3 Å². The summed E-state index contributed by atoms with van der Waals surface area (Å²) < 4.78 is 11.4. The molecule has 1 aliphatic rings. The van der Waals surface area contributed by atoms with E-state index in [0.29, 0.717) is 18.1 Å². The molecule has 3 heterocycles. The van der Waals surface area contributed by atoms with Crippen molar-refractivity contribution in [2.75, 3.05) is 13.2 Å². The van der Waals surface area contributed by atoms with E-state index < -0.39 is 0 Å². The van der Waals surface area contributed by atoms with Gasteiger partial charge in [-0.2, -0.15) is 0 Å². The number of Topliss-reactive ketones (excluding diaryl/α,β-unsaturated/α-hetero) is 1. The Morgan fingerprint density at radius 1 is 1.35 bits per heavy atom. The van der Waals surface area contributed by atoms with Gasteiger partial charge in [0, 0.05) is 35.5 Å². The second kappa shape index (κ2) is 7.19. The number of carbonyl (C=O) groups is 1. The molecule has 1 fully saturated rings. The first-order valence-electron chi connectivity index (χ1n) is 7.77. The fourth-order valence-corrected chi connectivity index (χ4v) is 3.33. The zero-order valence-electron chi connectivity index (χ0n) is 13.4. The number of hydrogen-bond donors (Lipinski definition) is 0. The lowest BCUT2D eigenvalue weighted by Gasteiger charge is -2.23. The molecule has 0 aromatic carbocycles. The summed E-state index contributed by atoms with van der Waals surface area (Å²) in [6, 6.07) is 3.59. The molecule has 0 aliphatic carbocycles. The highest BCUT2D eigenvalue weighted by Crippen LogP contribution is 2.20. The van der Waals surface area contributed by atoms with E-state index in [4.69, 9.17) is 9.47 Å². The maximum Gasteiger partial charge on any atom is 0.188 e. The van der Waals surface area contributed by atoms with Crippen LogP contribution in [0, 0.1) is 13.8 Å². The van der Waals surface area contributed by atoms with Crippen molar-refractivity contribution in [3.63, 3.8) is 0 Å². The average Bonchev–Trinajstić information content (AvgIpc) is 2.93. The number of rotatable bonds is 5. The molecule has 0 spiro atoms. The molecule has 23 heavy (non-hydrogen) atoms. The van der Waals surface area contributed by atoms with Gasteiger partial charge in [-0.3, -0.25) is 4.79 Å². The molecule has 0 amide bonds. The molecular weight excluding hydrogens is 312 g/mol. The molecule has 1 aliphatic heterocycles. The van der Waals surface area contributed by atoms with Gasteiger partial charge < -0.3 is 9.47 Å². The summed E-state index contributed by atoms with van der Waals surface area (Å²) in [7, 11) is 0. The molecule has 1 atom stereocenters. The van der Waals surface area contributed by atoms with Gasteiger partial charge in [0.15, 0.2) is 5.78 Å². The van der Waals surface area contributed by atoms with Crippen LogP contribution in [0.2, 0.25) is 0 Å². The summed E-state index contributed by atoms with van der Waals surface area (Å²) >= 11 is 1.50. The molecule has 0 radical (unpaired) electrons. The van der Waals surface area contributed by atoms with Gasteiger partial charge >= 0.3 is 0 Å². The molecule has 2 aromatic heterocycles. The van der Waals surface area contributed by atoms with Crippen LogP contribution in [-0.2, 0) is 11.2 Å². The van der Waals surface area contributed by atoms with Crippen molar-refractivity contribution in [3.05, 3.63) is 39.6 Å². The van der Waals surface area contributed by atoms with Crippen LogP contribution in [-0.4, -0.2) is 35.1 Å². The van der Waals surface area contributed by atoms with Crippen molar-refractivity contribution in [2.24, 2.45) is 0 Å². The van der Waals surface area contributed by atoms with Crippen molar-refractivity contribution in [3.8, 4) is 5.75 Å². The lowest BCUT2D eigenvalue weighted by Crippen LogP contribution is -2.28. The van der Waals surface area contributed by atoms with E-state index in [9.17, 15) is 4.79 Å². The summed E-state index contributed by atoms with van der Waals surface area (Å²) in [5, 5.41) is 2.77. The minimum Gasteiger partial charge on any atom is -0.488 e. The number of thiazole rings is 1.